The van der Waals surface area contributed by atoms with Crippen molar-refractivity contribution in [3.8, 4) is 17.2 Å². The highest BCUT2D eigenvalue weighted by Gasteiger charge is 2.30. The van der Waals surface area contributed by atoms with Crippen LogP contribution in [0.25, 0.3) is 0 Å². The lowest BCUT2D eigenvalue weighted by Gasteiger charge is -2.24. The molecule has 0 aliphatic carbocycles. The van der Waals surface area contributed by atoms with Crippen molar-refractivity contribution in [3.05, 3.63) is 16.1 Å². The van der Waals surface area contributed by atoms with Crippen molar-refractivity contribution < 1.29 is 19.7 Å². The third kappa shape index (κ3) is 1.64. The first-order valence-corrected chi connectivity index (χ1v) is 5.69. The zero-order valence-electron chi connectivity index (χ0n) is 9.08. The Morgan fingerprint density at radius 2 is 2.12 bits per heavy atom. The molecule has 0 atom stereocenters. The van der Waals surface area contributed by atoms with Crippen LogP contribution in [0.15, 0.2) is 10.5 Å². The van der Waals surface area contributed by atoms with E-state index in [1.165, 1.54) is 0 Å². The minimum Gasteiger partial charge on any atom is -0.506 e. The topological polar surface area (TPSA) is 58.9 Å². The molecular weight excluding hydrogens is 276 g/mol. The van der Waals surface area contributed by atoms with Gasteiger partial charge in [0.15, 0.2) is 11.5 Å². The number of halogens is 1. The van der Waals surface area contributed by atoms with E-state index in [1.807, 2.05) is 13.8 Å². The lowest BCUT2D eigenvalue weighted by atomic mass is 9.84. The molecule has 1 aromatic rings. The van der Waals surface area contributed by atoms with Crippen molar-refractivity contribution in [2.45, 2.75) is 19.3 Å². The van der Waals surface area contributed by atoms with Gasteiger partial charge in [0.1, 0.15) is 10.2 Å². The number of aliphatic hydroxyl groups is 1. The molecule has 1 aromatic carbocycles. The summed E-state index contributed by atoms with van der Waals surface area (Å²) in [6, 6.07) is 1.71. The maximum atomic E-state index is 10.0. The summed E-state index contributed by atoms with van der Waals surface area (Å²) in [5.74, 6) is 1.18. The largest absolute Gasteiger partial charge is 0.506 e. The first-order valence-electron chi connectivity index (χ1n) is 4.90. The summed E-state index contributed by atoms with van der Waals surface area (Å²) >= 11 is 3.27. The molecule has 0 saturated heterocycles. The summed E-state index contributed by atoms with van der Waals surface area (Å²) in [6.45, 7) is 3.77. The van der Waals surface area contributed by atoms with E-state index in [0.717, 1.165) is 0 Å². The van der Waals surface area contributed by atoms with E-state index in [1.54, 1.807) is 6.07 Å². The van der Waals surface area contributed by atoms with Gasteiger partial charge in [-0.25, -0.2) is 0 Å². The normalized spacial score (nSPS) is 14.2. The molecule has 5 heteroatoms. The van der Waals surface area contributed by atoms with E-state index in [4.69, 9.17) is 9.47 Å². The monoisotopic (exact) mass is 288 g/mol. The van der Waals surface area contributed by atoms with E-state index in [0.29, 0.717) is 21.5 Å². The van der Waals surface area contributed by atoms with Crippen LogP contribution < -0.4 is 9.47 Å². The minimum atomic E-state index is -0.534. The number of fused-ring (bicyclic) bond motifs is 1. The molecule has 1 aliphatic heterocycles. The maximum absolute atomic E-state index is 10.0. The van der Waals surface area contributed by atoms with E-state index in [9.17, 15) is 10.2 Å². The highest BCUT2D eigenvalue weighted by molar-refractivity contribution is 9.10. The third-order valence-corrected chi connectivity index (χ3v) is 3.44. The third-order valence-electron chi connectivity index (χ3n) is 2.70. The first-order chi connectivity index (χ1) is 7.47. The van der Waals surface area contributed by atoms with Gasteiger partial charge in [-0.15, -0.1) is 0 Å². The molecule has 0 unspecified atom stereocenters. The average Bonchev–Trinajstić information content (AvgIpc) is 2.71. The van der Waals surface area contributed by atoms with Crippen LogP contribution in [0.5, 0.6) is 17.2 Å². The van der Waals surface area contributed by atoms with Crippen molar-refractivity contribution in [2.24, 2.45) is 0 Å². The summed E-state index contributed by atoms with van der Waals surface area (Å²) in [7, 11) is 0. The summed E-state index contributed by atoms with van der Waals surface area (Å²) < 4.78 is 11.0. The fourth-order valence-corrected chi connectivity index (χ4v) is 2.12. The highest BCUT2D eigenvalue weighted by atomic mass is 79.9. The van der Waals surface area contributed by atoms with Gasteiger partial charge in [-0.1, -0.05) is 13.8 Å². The van der Waals surface area contributed by atoms with Gasteiger partial charge in [0.05, 0.1) is 6.61 Å². The van der Waals surface area contributed by atoms with Crippen LogP contribution in [0.1, 0.15) is 19.4 Å². The van der Waals surface area contributed by atoms with Crippen LogP contribution in [0.4, 0.5) is 0 Å². The summed E-state index contributed by atoms with van der Waals surface area (Å²) in [4.78, 5) is 0. The van der Waals surface area contributed by atoms with Gasteiger partial charge in [-0.2, -0.15) is 0 Å². The SMILES string of the molecule is CC(C)(CO)c1cc2c(c(Br)c1O)OCO2. The standard InChI is InChI=1S/C11H13BrO4/c1-11(2,4-13)6-3-7-10(16-5-15-7)8(12)9(6)14/h3,13-14H,4-5H2,1-2H3. The van der Waals surface area contributed by atoms with Gasteiger partial charge < -0.3 is 19.7 Å². The lowest BCUT2D eigenvalue weighted by molar-refractivity contribution is 0.173. The molecule has 2 N–H and O–H groups in total. The van der Waals surface area contributed by atoms with Crippen LogP contribution in [-0.2, 0) is 5.41 Å². The Labute approximate surface area is 102 Å². The number of aliphatic hydroxyl groups excluding tert-OH is 1. The van der Waals surface area contributed by atoms with Gasteiger partial charge in [0.25, 0.3) is 0 Å². The highest BCUT2D eigenvalue weighted by Crippen LogP contribution is 2.48. The number of rotatable bonds is 2. The Balaban J connectivity index is 2.60. The molecule has 2 rings (SSSR count). The van der Waals surface area contributed by atoms with Crippen molar-refractivity contribution in [1.82, 2.24) is 0 Å². The quantitative estimate of drug-likeness (QED) is 0.876. The number of phenolic OH excluding ortho intramolecular Hbond substituents is 1. The Bertz CT molecular complexity index is 428. The summed E-state index contributed by atoms with van der Waals surface area (Å²) in [5.41, 5.74) is 0.0965. The predicted octanol–water partition coefficient (Wildman–Crippen LogP) is 2.15. The van der Waals surface area contributed by atoms with E-state index in [2.05, 4.69) is 15.9 Å². The first kappa shape index (κ1) is 11.5. The molecular formula is C11H13BrO4. The Morgan fingerprint density at radius 1 is 1.44 bits per heavy atom. The second-order valence-corrected chi connectivity index (χ2v) is 5.16. The van der Waals surface area contributed by atoms with Crippen LogP contribution in [0, 0.1) is 0 Å². The number of hydrogen-bond acceptors (Lipinski definition) is 4. The second-order valence-electron chi connectivity index (χ2n) is 4.36. The molecule has 0 fully saturated rings. The fourth-order valence-electron chi connectivity index (χ4n) is 1.59. The molecule has 1 heterocycles. The molecule has 0 aromatic heterocycles. The zero-order valence-corrected chi connectivity index (χ0v) is 10.7. The van der Waals surface area contributed by atoms with Gasteiger partial charge in [-0.05, 0) is 22.0 Å². The molecule has 16 heavy (non-hydrogen) atoms. The Hall–Kier alpha value is -0.940. The van der Waals surface area contributed by atoms with Crippen LogP contribution >= 0.6 is 15.9 Å². The van der Waals surface area contributed by atoms with Crippen LogP contribution in [0.2, 0.25) is 0 Å². The van der Waals surface area contributed by atoms with E-state index < -0.39 is 5.41 Å². The van der Waals surface area contributed by atoms with Gasteiger partial charge in [0.2, 0.25) is 6.79 Å². The second kappa shape index (κ2) is 3.82. The van der Waals surface area contributed by atoms with Crippen LogP contribution in [0.3, 0.4) is 0 Å². The number of hydrogen-bond donors (Lipinski definition) is 2. The molecule has 4 nitrogen and oxygen atoms in total. The average molecular weight is 289 g/mol. The molecule has 0 saturated carbocycles. The zero-order chi connectivity index (χ0) is 11.9. The van der Waals surface area contributed by atoms with Crippen molar-refractivity contribution in [3.63, 3.8) is 0 Å². The maximum Gasteiger partial charge on any atom is 0.231 e. The number of aromatic hydroxyl groups is 1. The smallest absolute Gasteiger partial charge is 0.231 e. The van der Waals surface area contributed by atoms with Gasteiger partial charge >= 0.3 is 0 Å². The molecule has 88 valence electrons. The molecule has 0 spiro atoms. The summed E-state index contributed by atoms with van der Waals surface area (Å²) in [6.07, 6.45) is 0. The summed E-state index contributed by atoms with van der Waals surface area (Å²) in [5, 5.41) is 19.3. The molecule has 0 amide bonds. The fraction of sp³-hybridized carbons (Fsp3) is 0.455. The number of benzene rings is 1. The molecule has 0 bridgehead atoms. The van der Waals surface area contributed by atoms with Gasteiger partial charge in [-0.3, -0.25) is 0 Å². The van der Waals surface area contributed by atoms with Crippen molar-refractivity contribution in [1.29, 1.82) is 0 Å². The Morgan fingerprint density at radius 3 is 2.75 bits per heavy atom. The lowest BCUT2D eigenvalue weighted by Crippen LogP contribution is -2.22. The predicted molar refractivity (Wildman–Crippen MR) is 62.0 cm³/mol. The number of phenols is 1. The van der Waals surface area contributed by atoms with E-state index in [-0.39, 0.29) is 19.1 Å². The van der Waals surface area contributed by atoms with Crippen molar-refractivity contribution in [2.75, 3.05) is 13.4 Å². The minimum absolute atomic E-state index is 0.0629. The molecule has 1 aliphatic rings. The molecule has 0 radical (unpaired) electrons. The van der Waals surface area contributed by atoms with Crippen LogP contribution in [-0.4, -0.2) is 23.6 Å². The van der Waals surface area contributed by atoms with Gasteiger partial charge in [0, 0.05) is 11.0 Å². The van der Waals surface area contributed by atoms with Crippen molar-refractivity contribution >= 4 is 15.9 Å². The Kier molecular flexibility index (Phi) is 2.75. The number of ether oxygens (including phenoxy) is 2. The van der Waals surface area contributed by atoms with E-state index >= 15 is 0 Å².